The average Bonchev–Trinajstić information content (AvgIpc) is 2.33. The molecule has 2 N–H and O–H groups in total. The minimum absolute atomic E-state index is 0.510. The summed E-state index contributed by atoms with van der Waals surface area (Å²) in [5.41, 5.74) is 9.19. The van der Waals surface area contributed by atoms with Gasteiger partial charge in [-0.25, -0.2) is 0 Å². The Balaban J connectivity index is 2.40. The predicted molar refractivity (Wildman–Crippen MR) is 73.5 cm³/mol. The number of anilines is 1. The molecule has 1 unspecified atom stereocenters. The second kappa shape index (κ2) is 5.23. The summed E-state index contributed by atoms with van der Waals surface area (Å²) in [4.78, 5) is 2.35. The van der Waals surface area contributed by atoms with Crippen molar-refractivity contribution in [2.24, 2.45) is 5.73 Å². The van der Waals surface area contributed by atoms with E-state index in [2.05, 4.69) is 28.9 Å². The molecule has 1 atom stereocenters. The lowest BCUT2D eigenvalue weighted by Gasteiger charge is -2.35. The van der Waals surface area contributed by atoms with Gasteiger partial charge in [0.05, 0.1) is 5.69 Å². The molecule has 0 spiro atoms. The van der Waals surface area contributed by atoms with Crippen LogP contribution in [0.1, 0.15) is 23.7 Å². The number of nitrogens with zero attached hydrogens (tertiary/aromatic N) is 3. The second-order valence-electron chi connectivity index (χ2n) is 4.53. The Bertz CT molecular complexity index is 408. The minimum atomic E-state index is 0.510. The van der Waals surface area contributed by atoms with Crippen molar-refractivity contribution in [3.63, 3.8) is 0 Å². The number of nitrogens with two attached hydrogens (primary N) is 1. The molecule has 17 heavy (non-hydrogen) atoms. The first kappa shape index (κ1) is 12.6. The van der Waals surface area contributed by atoms with Gasteiger partial charge in [0.25, 0.3) is 0 Å². The molecule has 1 saturated heterocycles. The van der Waals surface area contributed by atoms with Crippen LogP contribution in [0.25, 0.3) is 0 Å². The Morgan fingerprint density at radius 3 is 2.82 bits per heavy atom. The lowest BCUT2D eigenvalue weighted by atomic mass is 10.1. The van der Waals surface area contributed by atoms with Gasteiger partial charge in [-0.05, 0) is 26.3 Å². The third kappa shape index (κ3) is 2.40. The lowest BCUT2D eigenvalue weighted by Crippen LogP contribution is -2.42. The first-order chi connectivity index (χ1) is 8.15. The number of thioether (sulfide) groups is 1. The van der Waals surface area contributed by atoms with Crippen molar-refractivity contribution in [3.05, 3.63) is 16.8 Å². The fourth-order valence-electron chi connectivity index (χ4n) is 2.16. The second-order valence-corrected chi connectivity index (χ2v) is 5.68. The van der Waals surface area contributed by atoms with E-state index in [9.17, 15) is 0 Å². The summed E-state index contributed by atoms with van der Waals surface area (Å²) < 4.78 is 0. The van der Waals surface area contributed by atoms with E-state index >= 15 is 0 Å². The van der Waals surface area contributed by atoms with Gasteiger partial charge in [-0.3, -0.25) is 0 Å². The zero-order valence-corrected chi connectivity index (χ0v) is 11.5. The number of hydrogen-bond donors (Lipinski definition) is 1. The number of rotatable bonds is 2. The molecule has 1 fully saturated rings. The molecule has 0 saturated carbocycles. The topological polar surface area (TPSA) is 55.0 Å². The highest BCUT2D eigenvalue weighted by Crippen LogP contribution is 2.27. The zero-order valence-electron chi connectivity index (χ0n) is 10.7. The predicted octanol–water partition coefficient (Wildman–Crippen LogP) is 1.49. The fourth-order valence-corrected chi connectivity index (χ4v) is 3.17. The number of aromatic nitrogens is 2. The molecule has 0 radical (unpaired) electrons. The van der Waals surface area contributed by atoms with E-state index in [4.69, 9.17) is 5.73 Å². The van der Waals surface area contributed by atoms with Gasteiger partial charge in [0.1, 0.15) is 0 Å². The smallest absolute Gasteiger partial charge is 0.156 e. The Morgan fingerprint density at radius 2 is 2.18 bits per heavy atom. The van der Waals surface area contributed by atoms with Gasteiger partial charge in [-0.2, -0.15) is 16.9 Å². The van der Waals surface area contributed by atoms with Crippen molar-refractivity contribution in [2.45, 2.75) is 33.4 Å². The normalized spacial score (nSPS) is 20.7. The largest absolute Gasteiger partial charge is 0.350 e. The third-order valence-electron chi connectivity index (χ3n) is 3.40. The fraction of sp³-hybridized carbons (Fsp3) is 0.667. The molecular weight excluding hydrogens is 232 g/mol. The Morgan fingerprint density at radius 1 is 1.41 bits per heavy atom. The summed E-state index contributed by atoms with van der Waals surface area (Å²) in [6, 6.07) is 0.510. The van der Waals surface area contributed by atoms with Crippen molar-refractivity contribution in [1.82, 2.24) is 10.2 Å². The summed E-state index contributed by atoms with van der Waals surface area (Å²) in [7, 11) is 0. The van der Waals surface area contributed by atoms with Crippen LogP contribution in [0.4, 0.5) is 5.82 Å². The van der Waals surface area contributed by atoms with Crippen molar-refractivity contribution in [1.29, 1.82) is 0 Å². The summed E-state index contributed by atoms with van der Waals surface area (Å²) in [5, 5.41) is 8.61. The summed E-state index contributed by atoms with van der Waals surface area (Å²) in [6.07, 6.45) is 0. The molecular formula is C12H20N4S. The lowest BCUT2D eigenvalue weighted by molar-refractivity contribution is 0.673. The van der Waals surface area contributed by atoms with Gasteiger partial charge in [-0.1, -0.05) is 0 Å². The molecule has 94 valence electrons. The van der Waals surface area contributed by atoms with Crippen LogP contribution >= 0.6 is 11.8 Å². The van der Waals surface area contributed by atoms with Crippen LogP contribution in [0.2, 0.25) is 0 Å². The van der Waals surface area contributed by atoms with Crippen molar-refractivity contribution < 1.29 is 0 Å². The first-order valence-corrected chi connectivity index (χ1v) is 7.17. The van der Waals surface area contributed by atoms with Crippen LogP contribution in [0.15, 0.2) is 0 Å². The van der Waals surface area contributed by atoms with Gasteiger partial charge >= 0.3 is 0 Å². The Hall–Kier alpha value is -0.810. The van der Waals surface area contributed by atoms with E-state index in [1.807, 2.05) is 18.7 Å². The molecule has 1 aliphatic rings. The van der Waals surface area contributed by atoms with E-state index in [1.54, 1.807) is 0 Å². The van der Waals surface area contributed by atoms with Gasteiger partial charge in [0.2, 0.25) is 0 Å². The molecule has 4 nitrogen and oxygen atoms in total. The minimum Gasteiger partial charge on any atom is -0.350 e. The van der Waals surface area contributed by atoms with Crippen LogP contribution in [0.5, 0.6) is 0 Å². The van der Waals surface area contributed by atoms with E-state index < -0.39 is 0 Å². The monoisotopic (exact) mass is 252 g/mol. The van der Waals surface area contributed by atoms with Crippen LogP contribution in [-0.4, -0.2) is 34.3 Å². The molecule has 2 rings (SSSR count). The van der Waals surface area contributed by atoms with Crippen molar-refractivity contribution >= 4 is 17.6 Å². The van der Waals surface area contributed by atoms with Crippen LogP contribution in [-0.2, 0) is 6.54 Å². The number of hydrogen-bond acceptors (Lipinski definition) is 5. The highest BCUT2D eigenvalue weighted by molar-refractivity contribution is 7.99. The van der Waals surface area contributed by atoms with E-state index in [0.29, 0.717) is 12.6 Å². The number of aryl methyl sites for hydroxylation is 1. The first-order valence-electron chi connectivity index (χ1n) is 6.02. The van der Waals surface area contributed by atoms with Gasteiger partial charge in [0, 0.05) is 36.2 Å². The molecule has 1 aromatic heterocycles. The highest BCUT2D eigenvalue weighted by Gasteiger charge is 2.23. The molecule has 1 aliphatic heterocycles. The summed E-state index contributed by atoms with van der Waals surface area (Å²) >= 11 is 2.00. The molecule has 0 aliphatic carbocycles. The summed E-state index contributed by atoms with van der Waals surface area (Å²) in [6.45, 7) is 7.88. The van der Waals surface area contributed by atoms with E-state index in [0.717, 1.165) is 35.1 Å². The quantitative estimate of drug-likeness (QED) is 0.864. The standard InChI is InChI=1S/C12H20N4S/c1-8-7-17-5-4-16(8)12-11(6-13)9(2)10(3)14-15-12/h8H,4-7,13H2,1-3H3. The van der Waals surface area contributed by atoms with Gasteiger partial charge < -0.3 is 10.6 Å². The molecule has 5 heteroatoms. The Kier molecular flexibility index (Phi) is 3.89. The van der Waals surface area contributed by atoms with Crippen LogP contribution in [0, 0.1) is 13.8 Å². The maximum Gasteiger partial charge on any atom is 0.156 e. The SMILES string of the molecule is Cc1nnc(N2CCSCC2C)c(CN)c1C. The molecule has 0 aromatic carbocycles. The van der Waals surface area contributed by atoms with Crippen molar-refractivity contribution in [2.75, 3.05) is 23.0 Å². The average molecular weight is 252 g/mol. The molecule has 2 heterocycles. The summed E-state index contributed by atoms with van der Waals surface area (Å²) in [5.74, 6) is 3.30. The third-order valence-corrected chi connectivity index (χ3v) is 4.59. The van der Waals surface area contributed by atoms with Gasteiger partial charge in [0.15, 0.2) is 5.82 Å². The maximum absolute atomic E-state index is 5.87. The van der Waals surface area contributed by atoms with Crippen molar-refractivity contribution in [3.8, 4) is 0 Å². The molecule has 0 bridgehead atoms. The molecule has 0 amide bonds. The van der Waals surface area contributed by atoms with Gasteiger partial charge in [-0.15, -0.1) is 5.10 Å². The zero-order chi connectivity index (χ0) is 12.4. The van der Waals surface area contributed by atoms with E-state index in [-0.39, 0.29) is 0 Å². The van der Waals surface area contributed by atoms with Crippen LogP contribution in [0.3, 0.4) is 0 Å². The van der Waals surface area contributed by atoms with Crippen LogP contribution < -0.4 is 10.6 Å². The highest BCUT2D eigenvalue weighted by atomic mass is 32.2. The molecule has 1 aromatic rings. The maximum atomic E-state index is 5.87. The van der Waals surface area contributed by atoms with E-state index in [1.165, 1.54) is 5.56 Å². The Labute approximate surface area is 107 Å².